The van der Waals surface area contributed by atoms with E-state index in [0.717, 1.165) is 19.6 Å². The molecule has 0 bridgehead atoms. The molecule has 0 aromatic rings. The summed E-state index contributed by atoms with van der Waals surface area (Å²) in [7, 11) is 0. The Bertz CT molecular complexity index is 326. The van der Waals surface area contributed by atoms with Crippen LogP contribution in [0.4, 0.5) is 0 Å². The van der Waals surface area contributed by atoms with Gasteiger partial charge in [-0.05, 0) is 90.8 Å². The average molecular weight is 367 g/mol. The summed E-state index contributed by atoms with van der Waals surface area (Å²) in [6.45, 7) is 14.6. The van der Waals surface area contributed by atoms with Gasteiger partial charge in [-0.3, -0.25) is 0 Å². The molecule has 0 aliphatic carbocycles. The molecule has 0 unspecified atom stereocenters. The predicted octanol–water partition coefficient (Wildman–Crippen LogP) is 1.37. The molecule has 0 spiro atoms. The molecular weight excluding hydrogens is 324 g/mol. The Morgan fingerprint density at radius 3 is 1.46 bits per heavy atom. The number of piperidine rings is 1. The molecule has 0 aromatic heterocycles. The Hall–Kier alpha value is -0.240. The number of hydrogen-bond donors (Lipinski definition) is 2. The molecule has 3 heterocycles. The summed E-state index contributed by atoms with van der Waals surface area (Å²) < 4.78 is 0. The highest BCUT2D eigenvalue weighted by Crippen LogP contribution is 2.08. The van der Waals surface area contributed by atoms with Crippen molar-refractivity contribution in [3.63, 3.8) is 0 Å². The molecule has 0 amide bonds. The van der Waals surface area contributed by atoms with Gasteiger partial charge in [-0.2, -0.15) is 5.12 Å². The van der Waals surface area contributed by atoms with Gasteiger partial charge >= 0.3 is 0 Å². The summed E-state index contributed by atoms with van der Waals surface area (Å²) in [5.41, 5.74) is 7.31. The first kappa shape index (κ1) is 20.5. The summed E-state index contributed by atoms with van der Waals surface area (Å²) in [4.78, 5) is 7.82. The zero-order valence-electron chi connectivity index (χ0n) is 16.9. The molecule has 3 aliphatic rings. The standard InChI is InChI=1S/C20H42N6/c1-2-11-24(12-3-1)19-9-21-26(18-8-17-23-13-4-5-14-23)22-10-20-25-15-6-7-16-25/h21-22H,1-20H2. The lowest BCUT2D eigenvalue weighted by molar-refractivity contribution is 0.0923. The van der Waals surface area contributed by atoms with E-state index in [1.165, 1.54) is 110 Å². The van der Waals surface area contributed by atoms with E-state index < -0.39 is 0 Å². The molecular formula is C20H42N6. The first-order valence-electron chi connectivity index (χ1n) is 11.3. The van der Waals surface area contributed by atoms with E-state index in [2.05, 4.69) is 30.7 Å². The van der Waals surface area contributed by atoms with Crippen molar-refractivity contribution in [3.8, 4) is 0 Å². The van der Waals surface area contributed by atoms with Gasteiger partial charge in [0.1, 0.15) is 0 Å². The van der Waals surface area contributed by atoms with Crippen molar-refractivity contribution >= 4 is 0 Å². The lowest BCUT2D eigenvalue weighted by atomic mass is 10.1. The summed E-state index contributed by atoms with van der Waals surface area (Å²) >= 11 is 0. The monoisotopic (exact) mass is 366 g/mol. The SMILES string of the molecule is C1CCN(CCNN(CCCN2CCCC2)NCCN2CCCC2)CC1. The van der Waals surface area contributed by atoms with Crippen molar-refractivity contribution < 1.29 is 0 Å². The van der Waals surface area contributed by atoms with Crippen LogP contribution in [0.25, 0.3) is 0 Å². The van der Waals surface area contributed by atoms with Crippen LogP contribution in [0.1, 0.15) is 51.4 Å². The molecule has 3 fully saturated rings. The third-order valence-corrected chi connectivity index (χ3v) is 6.16. The number of hydrogen-bond acceptors (Lipinski definition) is 6. The Labute approximate surface area is 161 Å². The van der Waals surface area contributed by atoms with E-state index in [1.807, 2.05) is 0 Å². The van der Waals surface area contributed by atoms with Crippen LogP contribution >= 0.6 is 0 Å². The maximum absolute atomic E-state index is 3.66. The molecule has 3 aliphatic heterocycles. The molecule has 3 rings (SSSR count). The van der Waals surface area contributed by atoms with E-state index >= 15 is 0 Å². The maximum Gasteiger partial charge on any atom is 0.0300 e. The van der Waals surface area contributed by atoms with Crippen LogP contribution in [0.2, 0.25) is 0 Å². The van der Waals surface area contributed by atoms with Crippen molar-refractivity contribution in [2.75, 3.05) is 78.5 Å². The van der Waals surface area contributed by atoms with E-state index in [0.29, 0.717) is 0 Å². The van der Waals surface area contributed by atoms with Crippen LogP contribution in [0.3, 0.4) is 0 Å². The number of nitrogens with zero attached hydrogens (tertiary/aromatic N) is 4. The van der Waals surface area contributed by atoms with Crippen molar-refractivity contribution in [3.05, 3.63) is 0 Å². The minimum absolute atomic E-state index is 1.06. The third kappa shape index (κ3) is 7.79. The highest BCUT2D eigenvalue weighted by Gasteiger charge is 2.14. The molecule has 26 heavy (non-hydrogen) atoms. The minimum Gasteiger partial charge on any atom is -0.303 e. The highest BCUT2D eigenvalue weighted by molar-refractivity contribution is 4.69. The fourth-order valence-corrected chi connectivity index (χ4v) is 4.55. The number of hydrazine groups is 2. The quantitative estimate of drug-likeness (QED) is 0.508. The van der Waals surface area contributed by atoms with Gasteiger partial charge in [0.25, 0.3) is 0 Å². The molecule has 0 radical (unpaired) electrons. The van der Waals surface area contributed by atoms with E-state index in [1.54, 1.807) is 0 Å². The van der Waals surface area contributed by atoms with Crippen LogP contribution in [-0.4, -0.2) is 98.4 Å². The number of rotatable bonds is 12. The van der Waals surface area contributed by atoms with Gasteiger partial charge in [0.15, 0.2) is 0 Å². The summed E-state index contributed by atoms with van der Waals surface area (Å²) in [6, 6.07) is 0. The highest BCUT2D eigenvalue weighted by atomic mass is 15.7. The third-order valence-electron chi connectivity index (χ3n) is 6.16. The smallest absolute Gasteiger partial charge is 0.0300 e. The zero-order chi connectivity index (χ0) is 17.9. The second kappa shape index (κ2) is 12.3. The van der Waals surface area contributed by atoms with Gasteiger partial charge in [-0.15, -0.1) is 0 Å². The van der Waals surface area contributed by atoms with Crippen LogP contribution in [0, 0.1) is 0 Å². The van der Waals surface area contributed by atoms with Crippen LogP contribution in [0.15, 0.2) is 0 Å². The fourth-order valence-electron chi connectivity index (χ4n) is 4.55. The number of nitrogens with one attached hydrogen (secondary N) is 2. The van der Waals surface area contributed by atoms with Gasteiger partial charge in [0.2, 0.25) is 0 Å². The average Bonchev–Trinajstić information content (AvgIpc) is 3.36. The second-order valence-corrected chi connectivity index (χ2v) is 8.32. The van der Waals surface area contributed by atoms with Gasteiger partial charge in [-0.25, -0.2) is 10.9 Å². The van der Waals surface area contributed by atoms with Crippen LogP contribution < -0.4 is 10.9 Å². The molecule has 152 valence electrons. The van der Waals surface area contributed by atoms with E-state index in [9.17, 15) is 0 Å². The number of likely N-dealkylation sites (tertiary alicyclic amines) is 3. The molecule has 6 nitrogen and oxygen atoms in total. The molecule has 0 saturated carbocycles. The normalized spacial score (nSPS) is 23.4. The Balaban J connectivity index is 1.31. The van der Waals surface area contributed by atoms with Crippen molar-refractivity contribution in [1.29, 1.82) is 0 Å². The largest absolute Gasteiger partial charge is 0.303 e. The Morgan fingerprint density at radius 2 is 0.962 bits per heavy atom. The van der Waals surface area contributed by atoms with E-state index in [4.69, 9.17) is 0 Å². The molecule has 3 saturated heterocycles. The van der Waals surface area contributed by atoms with Crippen LogP contribution in [-0.2, 0) is 0 Å². The Morgan fingerprint density at radius 1 is 0.538 bits per heavy atom. The molecule has 2 N–H and O–H groups in total. The molecule has 0 aromatic carbocycles. The first-order valence-corrected chi connectivity index (χ1v) is 11.3. The Kier molecular flexibility index (Phi) is 9.67. The van der Waals surface area contributed by atoms with E-state index in [-0.39, 0.29) is 0 Å². The van der Waals surface area contributed by atoms with Crippen LogP contribution in [0.5, 0.6) is 0 Å². The lowest BCUT2D eigenvalue weighted by Gasteiger charge is -2.30. The summed E-state index contributed by atoms with van der Waals surface area (Å²) in [5.74, 6) is 0. The van der Waals surface area contributed by atoms with Gasteiger partial charge < -0.3 is 14.7 Å². The summed E-state index contributed by atoms with van der Waals surface area (Å²) in [5, 5.41) is 2.29. The maximum atomic E-state index is 3.66. The van der Waals surface area contributed by atoms with Crippen molar-refractivity contribution in [2.24, 2.45) is 0 Å². The summed E-state index contributed by atoms with van der Waals surface area (Å²) in [6.07, 6.45) is 11.0. The lowest BCUT2D eigenvalue weighted by Crippen LogP contribution is -2.52. The van der Waals surface area contributed by atoms with Gasteiger partial charge in [-0.1, -0.05) is 6.42 Å². The molecule has 6 heteroatoms. The predicted molar refractivity (Wildman–Crippen MR) is 109 cm³/mol. The first-order chi connectivity index (χ1) is 12.9. The zero-order valence-corrected chi connectivity index (χ0v) is 16.9. The topological polar surface area (TPSA) is 37.0 Å². The fraction of sp³-hybridized carbons (Fsp3) is 1.00. The van der Waals surface area contributed by atoms with Gasteiger partial charge in [0.05, 0.1) is 0 Å². The molecule has 0 atom stereocenters. The second-order valence-electron chi connectivity index (χ2n) is 8.32. The van der Waals surface area contributed by atoms with Gasteiger partial charge in [0, 0.05) is 32.7 Å². The van der Waals surface area contributed by atoms with Crippen molar-refractivity contribution in [1.82, 2.24) is 30.7 Å². The van der Waals surface area contributed by atoms with Crippen molar-refractivity contribution in [2.45, 2.75) is 51.4 Å². The minimum atomic E-state index is 1.06.